The summed E-state index contributed by atoms with van der Waals surface area (Å²) in [6, 6.07) is 5.13. The lowest BCUT2D eigenvalue weighted by Gasteiger charge is -2.26. The number of methoxy groups -OCH3 is 2. The maximum atomic E-state index is 12.8. The molecule has 1 aromatic carbocycles. The summed E-state index contributed by atoms with van der Waals surface area (Å²) in [5.74, 6) is 1.74. The molecule has 1 aromatic heterocycles. The zero-order chi connectivity index (χ0) is 19.5. The number of nitrogens with zero attached hydrogens (tertiary/aromatic N) is 4. The number of carbonyl (C=O) groups excluding carboxylic acids is 1. The van der Waals surface area contributed by atoms with Crippen molar-refractivity contribution in [1.82, 2.24) is 14.9 Å². The molecule has 0 aliphatic carbocycles. The van der Waals surface area contributed by atoms with Gasteiger partial charge in [-0.2, -0.15) is 0 Å². The van der Waals surface area contributed by atoms with E-state index in [1.165, 1.54) is 0 Å². The van der Waals surface area contributed by atoms with Crippen molar-refractivity contribution in [1.29, 1.82) is 0 Å². The van der Waals surface area contributed by atoms with Crippen LogP contribution in [0, 0.1) is 0 Å². The Balaban J connectivity index is 1.46. The van der Waals surface area contributed by atoms with Crippen LogP contribution in [0.4, 0.5) is 16.4 Å². The van der Waals surface area contributed by atoms with E-state index in [9.17, 15) is 4.79 Å². The minimum absolute atomic E-state index is 0.225. The molecule has 2 aliphatic heterocycles. The molecule has 1 saturated heterocycles. The Morgan fingerprint density at radius 2 is 2.00 bits per heavy atom. The Labute approximate surface area is 163 Å². The van der Waals surface area contributed by atoms with Gasteiger partial charge in [0.15, 0.2) is 11.5 Å². The number of hydrogen-bond acceptors (Lipinski definition) is 7. The first-order valence-electron chi connectivity index (χ1n) is 9.14. The summed E-state index contributed by atoms with van der Waals surface area (Å²) >= 11 is 0. The van der Waals surface area contributed by atoms with Gasteiger partial charge >= 0.3 is 6.03 Å². The van der Waals surface area contributed by atoms with E-state index in [-0.39, 0.29) is 6.03 Å². The standard InChI is InChI=1S/C19H23N5O4/c1-26-16-5-3-4-14(17(16)27-2)22-19(25)24-11-13-10-20-18(21-15(13)12-24)23-6-8-28-9-7-23/h3-5,10H,6-9,11-12H2,1-2H3,(H,22,25). The maximum absolute atomic E-state index is 12.8. The third-order valence-electron chi connectivity index (χ3n) is 4.87. The molecule has 2 amide bonds. The van der Waals surface area contributed by atoms with Crippen LogP contribution in [0.15, 0.2) is 24.4 Å². The molecule has 2 aliphatic rings. The fourth-order valence-electron chi connectivity index (χ4n) is 3.38. The van der Waals surface area contributed by atoms with E-state index in [0.29, 0.717) is 49.4 Å². The van der Waals surface area contributed by atoms with Crippen LogP contribution in [0.25, 0.3) is 0 Å². The van der Waals surface area contributed by atoms with Gasteiger partial charge in [0.2, 0.25) is 5.95 Å². The normalized spacial score (nSPS) is 15.9. The SMILES string of the molecule is COc1cccc(NC(=O)N2Cc3cnc(N4CCOCC4)nc3C2)c1OC. The zero-order valence-corrected chi connectivity index (χ0v) is 16.0. The number of anilines is 2. The van der Waals surface area contributed by atoms with Gasteiger partial charge in [-0.25, -0.2) is 14.8 Å². The highest BCUT2D eigenvalue weighted by Crippen LogP contribution is 2.35. The number of nitrogens with one attached hydrogen (secondary N) is 1. The number of aromatic nitrogens is 2. The van der Waals surface area contributed by atoms with E-state index in [0.717, 1.165) is 24.3 Å². The van der Waals surface area contributed by atoms with Crippen molar-refractivity contribution in [3.63, 3.8) is 0 Å². The second kappa shape index (κ2) is 7.89. The minimum atomic E-state index is -0.225. The number of para-hydroxylation sites is 1. The first-order valence-corrected chi connectivity index (χ1v) is 9.14. The molecule has 148 valence electrons. The molecule has 0 atom stereocenters. The Morgan fingerprint density at radius 3 is 2.75 bits per heavy atom. The van der Waals surface area contributed by atoms with Crippen molar-refractivity contribution in [3.8, 4) is 11.5 Å². The van der Waals surface area contributed by atoms with Crippen molar-refractivity contribution >= 4 is 17.7 Å². The number of ether oxygens (including phenoxy) is 3. The average Bonchev–Trinajstić information content (AvgIpc) is 3.17. The van der Waals surface area contributed by atoms with Crippen LogP contribution >= 0.6 is 0 Å². The lowest BCUT2D eigenvalue weighted by atomic mass is 10.2. The summed E-state index contributed by atoms with van der Waals surface area (Å²) in [5, 5.41) is 2.90. The van der Waals surface area contributed by atoms with E-state index in [4.69, 9.17) is 14.2 Å². The van der Waals surface area contributed by atoms with Crippen LogP contribution in [0.2, 0.25) is 0 Å². The van der Waals surface area contributed by atoms with Gasteiger partial charge in [0, 0.05) is 24.8 Å². The summed E-state index contributed by atoms with van der Waals surface area (Å²) in [4.78, 5) is 25.7. The van der Waals surface area contributed by atoms with E-state index >= 15 is 0 Å². The molecular formula is C19H23N5O4. The fourth-order valence-corrected chi connectivity index (χ4v) is 3.38. The highest BCUT2D eigenvalue weighted by molar-refractivity contribution is 5.92. The monoisotopic (exact) mass is 385 g/mol. The molecule has 1 N–H and O–H groups in total. The average molecular weight is 385 g/mol. The van der Waals surface area contributed by atoms with Gasteiger partial charge in [-0.05, 0) is 12.1 Å². The second-order valence-corrected chi connectivity index (χ2v) is 6.57. The molecule has 2 aromatic rings. The topological polar surface area (TPSA) is 89.1 Å². The number of rotatable bonds is 4. The van der Waals surface area contributed by atoms with E-state index in [2.05, 4.69) is 20.2 Å². The van der Waals surface area contributed by atoms with Crippen LogP contribution in [-0.4, -0.2) is 61.4 Å². The Morgan fingerprint density at radius 1 is 1.18 bits per heavy atom. The highest BCUT2D eigenvalue weighted by atomic mass is 16.5. The molecule has 9 heteroatoms. The van der Waals surface area contributed by atoms with Crippen molar-refractivity contribution < 1.29 is 19.0 Å². The number of hydrogen-bond donors (Lipinski definition) is 1. The van der Waals surface area contributed by atoms with Gasteiger partial charge in [0.25, 0.3) is 0 Å². The Bertz CT molecular complexity index is 869. The van der Waals surface area contributed by atoms with E-state index < -0.39 is 0 Å². The number of morpholine rings is 1. The summed E-state index contributed by atoms with van der Waals surface area (Å²) < 4.78 is 16.0. The molecule has 3 heterocycles. The molecule has 1 fully saturated rings. The van der Waals surface area contributed by atoms with Gasteiger partial charge in [-0.3, -0.25) is 0 Å². The van der Waals surface area contributed by atoms with Crippen LogP contribution in [0.3, 0.4) is 0 Å². The van der Waals surface area contributed by atoms with Gasteiger partial charge in [0.05, 0.1) is 51.9 Å². The van der Waals surface area contributed by atoms with Crippen molar-refractivity contribution in [2.24, 2.45) is 0 Å². The minimum Gasteiger partial charge on any atom is -0.493 e. The summed E-state index contributed by atoms with van der Waals surface area (Å²) in [6.07, 6.45) is 1.81. The van der Waals surface area contributed by atoms with Crippen molar-refractivity contribution in [2.45, 2.75) is 13.1 Å². The molecule has 0 saturated carbocycles. The van der Waals surface area contributed by atoms with E-state index in [1.54, 1.807) is 37.3 Å². The predicted octanol–water partition coefficient (Wildman–Crippen LogP) is 1.88. The van der Waals surface area contributed by atoms with E-state index in [1.807, 2.05) is 6.20 Å². The summed E-state index contributed by atoms with van der Waals surface area (Å²) in [7, 11) is 3.10. The second-order valence-electron chi connectivity index (χ2n) is 6.57. The molecule has 4 rings (SSSR count). The van der Waals surface area contributed by atoms with Crippen molar-refractivity contribution in [3.05, 3.63) is 35.7 Å². The van der Waals surface area contributed by atoms with Gasteiger partial charge in [0.1, 0.15) is 0 Å². The molecular weight excluding hydrogens is 362 g/mol. The number of carbonyl (C=O) groups is 1. The zero-order valence-electron chi connectivity index (χ0n) is 16.0. The van der Waals surface area contributed by atoms with Gasteiger partial charge in [-0.15, -0.1) is 0 Å². The Kier molecular flexibility index (Phi) is 5.16. The number of urea groups is 1. The highest BCUT2D eigenvalue weighted by Gasteiger charge is 2.27. The quantitative estimate of drug-likeness (QED) is 0.859. The molecule has 28 heavy (non-hydrogen) atoms. The molecule has 9 nitrogen and oxygen atoms in total. The maximum Gasteiger partial charge on any atom is 0.322 e. The summed E-state index contributed by atoms with van der Waals surface area (Å²) in [6.45, 7) is 3.82. The third kappa shape index (κ3) is 3.53. The fraction of sp³-hybridized carbons (Fsp3) is 0.421. The lowest BCUT2D eigenvalue weighted by molar-refractivity contribution is 0.122. The molecule has 0 bridgehead atoms. The Hall–Kier alpha value is -3.07. The predicted molar refractivity (Wildman–Crippen MR) is 103 cm³/mol. The number of fused-ring (bicyclic) bond motifs is 1. The van der Waals surface area contributed by atoms with Crippen LogP contribution in [-0.2, 0) is 17.8 Å². The van der Waals surface area contributed by atoms with Gasteiger partial charge in [-0.1, -0.05) is 6.07 Å². The smallest absolute Gasteiger partial charge is 0.322 e. The van der Waals surface area contributed by atoms with Gasteiger partial charge < -0.3 is 29.3 Å². The lowest BCUT2D eigenvalue weighted by Crippen LogP contribution is -2.37. The molecule has 0 spiro atoms. The first kappa shape index (κ1) is 18.3. The van der Waals surface area contributed by atoms with Crippen LogP contribution < -0.4 is 19.7 Å². The first-order chi connectivity index (χ1) is 13.7. The van der Waals surface area contributed by atoms with Crippen LogP contribution in [0.1, 0.15) is 11.3 Å². The number of amides is 2. The summed E-state index contributed by atoms with van der Waals surface area (Å²) in [5.41, 5.74) is 2.40. The van der Waals surface area contributed by atoms with Crippen LogP contribution in [0.5, 0.6) is 11.5 Å². The number of benzene rings is 1. The van der Waals surface area contributed by atoms with Crippen molar-refractivity contribution in [2.75, 3.05) is 50.7 Å². The molecule has 0 radical (unpaired) electrons. The third-order valence-corrected chi connectivity index (χ3v) is 4.87. The largest absolute Gasteiger partial charge is 0.493 e. The molecule has 0 unspecified atom stereocenters.